The number of nitro benzene ring substituents is 1. The highest BCUT2D eigenvalue weighted by Gasteiger charge is 2.14. The van der Waals surface area contributed by atoms with Crippen LogP contribution in [-0.4, -0.2) is 35.9 Å². The average Bonchev–Trinajstić information content (AvgIpc) is 3.14. The van der Waals surface area contributed by atoms with E-state index in [4.69, 9.17) is 9.15 Å². The summed E-state index contributed by atoms with van der Waals surface area (Å²) in [6.07, 6.45) is 1.31. The van der Waals surface area contributed by atoms with E-state index < -0.39 is 35.9 Å². The minimum Gasteiger partial charge on any atom is -0.459 e. The molecule has 2 N–H and O–H groups in total. The molecular weight excluding hydrogens is 414 g/mol. The third-order valence-electron chi connectivity index (χ3n) is 2.94. The van der Waals surface area contributed by atoms with E-state index in [0.717, 1.165) is 0 Å². The predicted octanol–water partition coefficient (Wildman–Crippen LogP) is 1.86. The molecule has 0 unspecified atom stereocenters. The summed E-state index contributed by atoms with van der Waals surface area (Å²) in [4.78, 5) is 44.9. The van der Waals surface area contributed by atoms with E-state index in [0.29, 0.717) is 4.47 Å². The van der Waals surface area contributed by atoms with Gasteiger partial charge >= 0.3 is 5.97 Å². The van der Waals surface area contributed by atoms with Crippen LogP contribution < -0.4 is 10.6 Å². The Morgan fingerprint density at radius 2 is 2.04 bits per heavy atom. The molecule has 0 aliphatic heterocycles. The van der Waals surface area contributed by atoms with Crippen molar-refractivity contribution >= 4 is 45.1 Å². The first kappa shape index (κ1) is 19.1. The average molecular weight is 426 g/mol. The van der Waals surface area contributed by atoms with Gasteiger partial charge in [0.15, 0.2) is 12.4 Å². The summed E-state index contributed by atoms with van der Waals surface area (Å²) >= 11 is 3.10. The molecule has 1 aromatic carbocycles. The minimum atomic E-state index is -0.817. The number of esters is 1. The molecule has 0 aliphatic carbocycles. The van der Waals surface area contributed by atoms with Gasteiger partial charge in [0, 0.05) is 16.6 Å². The smallest absolute Gasteiger partial charge is 0.325 e. The molecule has 2 aromatic rings. The summed E-state index contributed by atoms with van der Waals surface area (Å²) in [5.74, 6) is -2.02. The zero-order chi connectivity index (χ0) is 19.1. The van der Waals surface area contributed by atoms with Crippen LogP contribution >= 0.6 is 15.9 Å². The second kappa shape index (κ2) is 8.76. The number of nitro groups is 1. The van der Waals surface area contributed by atoms with Crippen LogP contribution in [0.4, 0.5) is 11.4 Å². The fourth-order valence-electron chi connectivity index (χ4n) is 1.75. The second-order valence-electron chi connectivity index (χ2n) is 4.79. The molecule has 0 bridgehead atoms. The number of nitrogens with one attached hydrogen (secondary N) is 2. The maximum absolute atomic E-state index is 11.8. The maximum atomic E-state index is 11.8. The Morgan fingerprint density at radius 3 is 2.65 bits per heavy atom. The van der Waals surface area contributed by atoms with Gasteiger partial charge in [-0.3, -0.25) is 24.5 Å². The van der Waals surface area contributed by atoms with Gasteiger partial charge in [0.05, 0.1) is 16.9 Å². The normalized spacial score (nSPS) is 10.0. The van der Waals surface area contributed by atoms with Gasteiger partial charge in [-0.15, -0.1) is 0 Å². The number of amides is 2. The number of rotatable bonds is 7. The van der Waals surface area contributed by atoms with Crippen LogP contribution in [-0.2, 0) is 14.3 Å². The fraction of sp³-hybridized carbons (Fsp3) is 0.133. The lowest BCUT2D eigenvalue weighted by molar-refractivity contribution is -0.384. The van der Waals surface area contributed by atoms with Crippen molar-refractivity contribution in [2.45, 2.75) is 0 Å². The van der Waals surface area contributed by atoms with Gasteiger partial charge in [-0.25, -0.2) is 0 Å². The van der Waals surface area contributed by atoms with Crippen molar-refractivity contribution < 1.29 is 28.5 Å². The predicted molar refractivity (Wildman–Crippen MR) is 91.4 cm³/mol. The molecule has 1 aromatic heterocycles. The van der Waals surface area contributed by atoms with Crippen molar-refractivity contribution in [3.05, 3.63) is 56.9 Å². The summed E-state index contributed by atoms with van der Waals surface area (Å²) < 4.78 is 9.88. The molecule has 1 heterocycles. The van der Waals surface area contributed by atoms with Crippen LogP contribution in [0.5, 0.6) is 0 Å². The van der Waals surface area contributed by atoms with E-state index in [1.165, 1.54) is 36.6 Å². The van der Waals surface area contributed by atoms with Gasteiger partial charge < -0.3 is 19.8 Å². The largest absolute Gasteiger partial charge is 0.459 e. The Hall–Kier alpha value is -3.21. The standard InChI is InChI=1S/C15H12BrN3O7/c16-10-6-9(19(23)24)3-4-11(10)18-13(20)8-26-14(21)7-17-15(22)12-2-1-5-25-12/h1-6H,7-8H2,(H,17,22)(H,18,20). The van der Waals surface area contributed by atoms with Crippen LogP contribution in [0.1, 0.15) is 10.6 Å². The van der Waals surface area contributed by atoms with Crippen LogP contribution in [0.25, 0.3) is 0 Å². The molecule has 0 saturated heterocycles. The van der Waals surface area contributed by atoms with Crippen molar-refractivity contribution in [3.63, 3.8) is 0 Å². The highest BCUT2D eigenvalue weighted by molar-refractivity contribution is 9.10. The summed E-state index contributed by atoms with van der Waals surface area (Å²) in [7, 11) is 0. The Kier molecular flexibility index (Phi) is 6.44. The lowest BCUT2D eigenvalue weighted by Gasteiger charge is -2.08. The van der Waals surface area contributed by atoms with Crippen LogP contribution in [0.2, 0.25) is 0 Å². The molecular formula is C15H12BrN3O7. The summed E-state index contributed by atoms with van der Waals surface area (Å²) in [6.45, 7) is -1.02. The number of hydrogen-bond donors (Lipinski definition) is 2. The number of anilines is 1. The number of furan rings is 1. The Bertz CT molecular complexity index is 836. The molecule has 0 fully saturated rings. The van der Waals surface area contributed by atoms with Crippen LogP contribution in [0.15, 0.2) is 45.5 Å². The van der Waals surface area contributed by atoms with Gasteiger partial charge in [0.2, 0.25) is 0 Å². The highest BCUT2D eigenvalue weighted by atomic mass is 79.9. The van der Waals surface area contributed by atoms with E-state index in [2.05, 4.69) is 26.6 Å². The van der Waals surface area contributed by atoms with E-state index in [9.17, 15) is 24.5 Å². The SMILES string of the molecule is O=C(COC(=O)CNC(=O)c1ccco1)Nc1ccc([N+](=O)[O-])cc1Br. The number of halogens is 1. The van der Waals surface area contributed by atoms with Crippen molar-refractivity contribution in [1.82, 2.24) is 5.32 Å². The van der Waals surface area contributed by atoms with Gasteiger partial charge in [0.1, 0.15) is 6.54 Å². The molecule has 2 rings (SSSR count). The molecule has 26 heavy (non-hydrogen) atoms. The van der Waals surface area contributed by atoms with Gasteiger partial charge in [0.25, 0.3) is 17.5 Å². The first-order valence-electron chi connectivity index (χ1n) is 7.08. The molecule has 0 aliphatic rings. The fourth-order valence-corrected chi connectivity index (χ4v) is 2.22. The van der Waals surface area contributed by atoms with Crippen LogP contribution in [0.3, 0.4) is 0 Å². The van der Waals surface area contributed by atoms with Gasteiger partial charge in [-0.1, -0.05) is 0 Å². The second-order valence-corrected chi connectivity index (χ2v) is 5.64. The highest BCUT2D eigenvalue weighted by Crippen LogP contribution is 2.26. The number of non-ortho nitro benzene ring substituents is 1. The zero-order valence-electron chi connectivity index (χ0n) is 13.1. The van der Waals surface area contributed by atoms with E-state index >= 15 is 0 Å². The molecule has 2 amide bonds. The lowest BCUT2D eigenvalue weighted by atomic mass is 10.3. The monoisotopic (exact) mass is 425 g/mol. The Balaban J connectivity index is 1.77. The van der Waals surface area contributed by atoms with E-state index in [1.807, 2.05) is 0 Å². The van der Waals surface area contributed by atoms with Crippen molar-refractivity contribution in [2.75, 3.05) is 18.5 Å². The number of nitrogens with zero attached hydrogens (tertiary/aromatic N) is 1. The number of carbonyl (C=O) groups excluding carboxylic acids is 3. The number of hydrogen-bond acceptors (Lipinski definition) is 7. The lowest BCUT2D eigenvalue weighted by Crippen LogP contribution is -2.32. The molecule has 0 radical (unpaired) electrons. The van der Waals surface area contributed by atoms with Crippen molar-refractivity contribution in [2.24, 2.45) is 0 Å². The first-order valence-corrected chi connectivity index (χ1v) is 7.87. The van der Waals surface area contributed by atoms with Crippen molar-refractivity contribution in [3.8, 4) is 0 Å². The summed E-state index contributed by atoms with van der Waals surface area (Å²) in [5.41, 5.74) is 0.136. The third kappa shape index (κ3) is 5.41. The number of benzene rings is 1. The molecule has 0 saturated carbocycles. The van der Waals surface area contributed by atoms with E-state index in [-0.39, 0.29) is 17.1 Å². The molecule has 136 valence electrons. The zero-order valence-corrected chi connectivity index (χ0v) is 14.6. The summed E-state index contributed by atoms with van der Waals surface area (Å²) in [5, 5.41) is 15.4. The molecule has 0 atom stereocenters. The molecule has 10 nitrogen and oxygen atoms in total. The quantitative estimate of drug-likeness (QED) is 0.391. The maximum Gasteiger partial charge on any atom is 0.325 e. The van der Waals surface area contributed by atoms with Gasteiger partial charge in [-0.2, -0.15) is 0 Å². The molecule has 11 heteroatoms. The Labute approximate surface area is 154 Å². The van der Waals surface area contributed by atoms with E-state index in [1.54, 1.807) is 0 Å². The van der Waals surface area contributed by atoms with Crippen molar-refractivity contribution in [1.29, 1.82) is 0 Å². The van der Waals surface area contributed by atoms with Crippen LogP contribution in [0, 0.1) is 10.1 Å². The first-order chi connectivity index (χ1) is 12.4. The Morgan fingerprint density at radius 1 is 1.27 bits per heavy atom. The molecule has 0 spiro atoms. The summed E-state index contributed by atoms with van der Waals surface area (Å²) in [6, 6.07) is 6.73. The third-order valence-corrected chi connectivity index (χ3v) is 3.60. The van der Waals surface area contributed by atoms with Gasteiger partial charge in [-0.05, 0) is 34.1 Å². The minimum absolute atomic E-state index is 0.0403. The topological polar surface area (TPSA) is 141 Å². The number of ether oxygens (including phenoxy) is 1. The number of carbonyl (C=O) groups is 3.